The Balaban J connectivity index is 1.94. The van der Waals surface area contributed by atoms with Crippen molar-refractivity contribution in [2.24, 2.45) is 0 Å². The molecule has 2 atom stereocenters. The summed E-state index contributed by atoms with van der Waals surface area (Å²) in [6.07, 6.45) is 0.974. The molecule has 2 aromatic rings. The summed E-state index contributed by atoms with van der Waals surface area (Å²) >= 11 is 0. The first-order valence-corrected chi connectivity index (χ1v) is 10.9. The van der Waals surface area contributed by atoms with Crippen LogP contribution in [0.25, 0.3) is 0 Å². The van der Waals surface area contributed by atoms with E-state index in [1.807, 2.05) is 0 Å². The molecule has 0 amide bonds. The number of hydrogen-bond acceptors (Lipinski definition) is 3. The highest BCUT2D eigenvalue weighted by atomic mass is 28.4. The molecule has 3 rings (SSSR count). The lowest BCUT2D eigenvalue weighted by Crippen LogP contribution is -2.66. The standard InChI is InChI=1S/C21H28O3Si/c1-21(2,3)25(17-10-6-4-7-11-17,18-12-8-5-9-13-18)23-15-14-19-20(16-22)24-19/h4-13,19-20,22H,14-16H2,1-3H3/t19-,20-/m0/s1. The minimum atomic E-state index is -2.44. The van der Waals surface area contributed by atoms with Crippen molar-refractivity contribution in [3.05, 3.63) is 60.7 Å². The Hall–Kier alpha value is -1.46. The third kappa shape index (κ3) is 3.72. The highest BCUT2D eigenvalue weighted by Crippen LogP contribution is 2.37. The fourth-order valence-electron chi connectivity index (χ4n) is 3.68. The van der Waals surface area contributed by atoms with Crippen molar-refractivity contribution in [3.63, 3.8) is 0 Å². The van der Waals surface area contributed by atoms with Gasteiger partial charge in [-0.15, -0.1) is 0 Å². The van der Waals surface area contributed by atoms with Crippen molar-refractivity contribution in [3.8, 4) is 0 Å². The summed E-state index contributed by atoms with van der Waals surface area (Å²) in [6, 6.07) is 21.3. The summed E-state index contributed by atoms with van der Waals surface area (Å²) in [7, 11) is -2.44. The molecule has 1 aliphatic rings. The fourth-order valence-corrected chi connectivity index (χ4v) is 8.26. The lowest BCUT2D eigenvalue weighted by molar-refractivity contribution is 0.237. The molecule has 1 fully saturated rings. The van der Waals surface area contributed by atoms with E-state index in [-0.39, 0.29) is 23.9 Å². The van der Waals surface area contributed by atoms with Gasteiger partial charge in [0.15, 0.2) is 0 Å². The number of benzene rings is 2. The number of ether oxygens (including phenoxy) is 1. The first kappa shape index (κ1) is 18.3. The van der Waals surface area contributed by atoms with Crippen molar-refractivity contribution < 1.29 is 14.3 Å². The lowest BCUT2D eigenvalue weighted by atomic mass is 10.2. The normalized spacial score (nSPS) is 20.5. The van der Waals surface area contributed by atoms with Crippen LogP contribution in [-0.2, 0) is 9.16 Å². The number of aliphatic hydroxyl groups is 1. The molecule has 1 N–H and O–H groups in total. The van der Waals surface area contributed by atoms with Crippen LogP contribution >= 0.6 is 0 Å². The van der Waals surface area contributed by atoms with Gasteiger partial charge in [-0.3, -0.25) is 0 Å². The second-order valence-corrected chi connectivity index (χ2v) is 12.0. The van der Waals surface area contributed by atoms with Gasteiger partial charge in [-0.05, 0) is 21.8 Å². The SMILES string of the molecule is CC(C)(C)[Si](OCC[C@@H]1O[C@H]1CO)(c1ccccc1)c1ccccc1. The van der Waals surface area contributed by atoms with Gasteiger partial charge in [0.25, 0.3) is 8.32 Å². The average molecular weight is 357 g/mol. The van der Waals surface area contributed by atoms with E-state index in [0.717, 1.165) is 6.42 Å². The van der Waals surface area contributed by atoms with Gasteiger partial charge in [-0.2, -0.15) is 0 Å². The molecule has 4 heteroatoms. The van der Waals surface area contributed by atoms with E-state index in [4.69, 9.17) is 14.3 Å². The van der Waals surface area contributed by atoms with E-state index in [1.54, 1.807) is 0 Å². The Labute approximate surface area is 151 Å². The summed E-state index contributed by atoms with van der Waals surface area (Å²) < 4.78 is 12.3. The van der Waals surface area contributed by atoms with Gasteiger partial charge in [-0.1, -0.05) is 81.4 Å². The summed E-state index contributed by atoms with van der Waals surface area (Å²) in [6.45, 7) is 7.59. The zero-order chi connectivity index (χ0) is 17.9. The summed E-state index contributed by atoms with van der Waals surface area (Å²) in [5, 5.41) is 11.8. The van der Waals surface area contributed by atoms with E-state index in [0.29, 0.717) is 6.61 Å². The van der Waals surface area contributed by atoms with Crippen LogP contribution in [0, 0.1) is 0 Å². The minimum Gasteiger partial charge on any atom is -0.407 e. The maximum Gasteiger partial charge on any atom is 0.261 e. The number of aliphatic hydroxyl groups excluding tert-OH is 1. The van der Waals surface area contributed by atoms with Crippen LogP contribution < -0.4 is 10.4 Å². The predicted octanol–water partition coefficient (Wildman–Crippen LogP) is 2.71. The molecule has 1 saturated heterocycles. The Kier molecular flexibility index (Phi) is 5.44. The summed E-state index contributed by atoms with van der Waals surface area (Å²) in [4.78, 5) is 0. The van der Waals surface area contributed by atoms with E-state index < -0.39 is 8.32 Å². The summed E-state index contributed by atoms with van der Waals surface area (Å²) in [5.74, 6) is 0. The van der Waals surface area contributed by atoms with Crippen molar-refractivity contribution in [2.45, 2.75) is 44.4 Å². The van der Waals surface area contributed by atoms with E-state index in [1.165, 1.54) is 10.4 Å². The molecular formula is C21H28O3Si. The molecule has 0 spiro atoms. The van der Waals surface area contributed by atoms with Crippen molar-refractivity contribution >= 4 is 18.7 Å². The lowest BCUT2D eigenvalue weighted by Gasteiger charge is -2.43. The molecule has 0 saturated carbocycles. The Morgan fingerprint density at radius 1 is 0.920 bits per heavy atom. The predicted molar refractivity (Wildman–Crippen MR) is 104 cm³/mol. The third-order valence-electron chi connectivity index (χ3n) is 5.01. The minimum absolute atomic E-state index is 0.00255. The molecule has 0 unspecified atom stereocenters. The highest BCUT2D eigenvalue weighted by molar-refractivity contribution is 6.99. The molecule has 1 heterocycles. The number of hydrogen-bond donors (Lipinski definition) is 1. The molecule has 0 aliphatic carbocycles. The Morgan fingerprint density at radius 3 is 1.84 bits per heavy atom. The molecule has 0 aromatic heterocycles. The monoisotopic (exact) mass is 356 g/mol. The average Bonchev–Trinajstić information content (AvgIpc) is 3.38. The topological polar surface area (TPSA) is 42.0 Å². The van der Waals surface area contributed by atoms with Gasteiger partial charge >= 0.3 is 0 Å². The zero-order valence-electron chi connectivity index (χ0n) is 15.3. The molecule has 25 heavy (non-hydrogen) atoms. The van der Waals surface area contributed by atoms with Crippen LogP contribution in [0.5, 0.6) is 0 Å². The third-order valence-corrected chi connectivity index (χ3v) is 10.0. The summed E-state index contributed by atoms with van der Waals surface area (Å²) in [5.41, 5.74) is 0. The molecule has 1 aliphatic heterocycles. The van der Waals surface area contributed by atoms with Gasteiger partial charge in [-0.25, -0.2) is 0 Å². The number of rotatable bonds is 7. The Bertz CT molecular complexity index is 627. The molecule has 0 bridgehead atoms. The molecular weight excluding hydrogens is 328 g/mol. The van der Waals surface area contributed by atoms with E-state index in [9.17, 15) is 0 Å². The van der Waals surface area contributed by atoms with Crippen LogP contribution in [0.2, 0.25) is 5.04 Å². The van der Waals surface area contributed by atoms with Crippen molar-refractivity contribution in [1.29, 1.82) is 0 Å². The van der Waals surface area contributed by atoms with Crippen molar-refractivity contribution in [2.75, 3.05) is 13.2 Å². The molecule has 2 aromatic carbocycles. The second kappa shape index (κ2) is 7.42. The van der Waals surface area contributed by atoms with Gasteiger partial charge in [0.1, 0.15) is 6.10 Å². The molecule has 3 nitrogen and oxygen atoms in total. The number of epoxide rings is 1. The van der Waals surface area contributed by atoms with Gasteiger partial charge in [0.2, 0.25) is 0 Å². The first-order chi connectivity index (χ1) is 12.0. The van der Waals surface area contributed by atoms with Crippen LogP contribution in [0.3, 0.4) is 0 Å². The maximum atomic E-state index is 9.16. The maximum absolute atomic E-state index is 9.16. The molecule has 134 valence electrons. The van der Waals surface area contributed by atoms with Gasteiger partial charge in [0, 0.05) is 6.61 Å². The highest BCUT2D eigenvalue weighted by Gasteiger charge is 2.50. The van der Waals surface area contributed by atoms with Gasteiger partial charge in [0.05, 0.1) is 12.7 Å². The molecule has 0 radical (unpaired) electrons. The van der Waals surface area contributed by atoms with Crippen LogP contribution in [0.4, 0.5) is 0 Å². The van der Waals surface area contributed by atoms with Gasteiger partial charge < -0.3 is 14.3 Å². The van der Waals surface area contributed by atoms with Crippen molar-refractivity contribution in [1.82, 2.24) is 0 Å². The van der Waals surface area contributed by atoms with Crippen LogP contribution in [0.15, 0.2) is 60.7 Å². The second-order valence-electron chi connectivity index (χ2n) is 7.70. The Morgan fingerprint density at radius 2 is 1.44 bits per heavy atom. The van der Waals surface area contributed by atoms with Crippen LogP contribution in [0.1, 0.15) is 27.2 Å². The quantitative estimate of drug-likeness (QED) is 0.613. The zero-order valence-corrected chi connectivity index (χ0v) is 16.3. The largest absolute Gasteiger partial charge is 0.407 e. The van der Waals surface area contributed by atoms with E-state index >= 15 is 0 Å². The first-order valence-electron chi connectivity index (χ1n) is 9.00. The van der Waals surface area contributed by atoms with Crippen LogP contribution in [-0.4, -0.2) is 38.8 Å². The fraction of sp³-hybridized carbons (Fsp3) is 0.429. The van der Waals surface area contributed by atoms with E-state index in [2.05, 4.69) is 81.4 Å². The smallest absolute Gasteiger partial charge is 0.261 e.